The van der Waals surface area contributed by atoms with E-state index in [1.54, 1.807) is 6.08 Å². The van der Waals surface area contributed by atoms with Crippen LogP contribution in [0, 0.1) is 0 Å². The summed E-state index contributed by atoms with van der Waals surface area (Å²) in [6.45, 7) is 0.417. The number of halogens is 2. The van der Waals surface area contributed by atoms with Gasteiger partial charge in [-0.3, -0.25) is 0 Å². The van der Waals surface area contributed by atoms with Crippen LogP contribution in [0.5, 0.6) is 0 Å². The van der Waals surface area contributed by atoms with Crippen molar-refractivity contribution < 1.29 is 13.5 Å². The molecule has 2 rings (SSSR count). The molecule has 1 aromatic carbocycles. The van der Waals surface area contributed by atoms with Gasteiger partial charge in [0.1, 0.15) is 4.90 Å². The summed E-state index contributed by atoms with van der Waals surface area (Å²) < 4.78 is 26.3. The fraction of sp³-hybridized carbons (Fsp3) is 0.333. The standard InChI is InChI=1S/C12H13Cl2NO3S/c13-10-7-11(14)12(6-9(10)8-16)19(17,18)15-4-2-1-3-5-15/h1-2,6-7,16H,3-5,8H2. The zero-order chi connectivity index (χ0) is 14.0. The molecule has 0 fully saturated rings. The molecule has 0 spiro atoms. The van der Waals surface area contributed by atoms with Gasteiger partial charge in [-0.05, 0) is 24.1 Å². The first-order valence-electron chi connectivity index (χ1n) is 5.70. The number of sulfonamides is 1. The van der Waals surface area contributed by atoms with E-state index in [0.717, 1.165) is 0 Å². The van der Waals surface area contributed by atoms with Crippen molar-refractivity contribution in [3.05, 3.63) is 39.9 Å². The number of aliphatic hydroxyl groups excluding tert-OH is 1. The molecule has 1 aliphatic rings. The van der Waals surface area contributed by atoms with Gasteiger partial charge in [0.05, 0.1) is 11.6 Å². The molecule has 1 aliphatic heterocycles. The Morgan fingerprint density at radius 2 is 1.95 bits per heavy atom. The number of benzene rings is 1. The third-order valence-electron chi connectivity index (χ3n) is 2.91. The Labute approximate surface area is 122 Å². The van der Waals surface area contributed by atoms with Crippen LogP contribution in [0.2, 0.25) is 10.0 Å². The van der Waals surface area contributed by atoms with Crippen molar-refractivity contribution in [2.45, 2.75) is 17.9 Å². The lowest BCUT2D eigenvalue weighted by Crippen LogP contribution is -2.34. The van der Waals surface area contributed by atoms with E-state index in [2.05, 4.69) is 0 Å². The van der Waals surface area contributed by atoms with Crippen LogP contribution in [-0.2, 0) is 16.6 Å². The second kappa shape index (κ2) is 5.81. The minimum atomic E-state index is -3.66. The summed E-state index contributed by atoms with van der Waals surface area (Å²) in [5, 5.41) is 9.48. The van der Waals surface area contributed by atoms with Gasteiger partial charge in [0.2, 0.25) is 10.0 Å². The average molecular weight is 322 g/mol. The SMILES string of the molecule is O=S(=O)(c1cc(CO)c(Cl)cc1Cl)N1CC=CCC1. The average Bonchev–Trinajstić information content (AvgIpc) is 2.39. The van der Waals surface area contributed by atoms with Crippen LogP contribution >= 0.6 is 23.2 Å². The van der Waals surface area contributed by atoms with Gasteiger partial charge in [-0.2, -0.15) is 4.31 Å². The van der Waals surface area contributed by atoms with Crippen molar-refractivity contribution in [3.63, 3.8) is 0 Å². The maximum absolute atomic E-state index is 12.5. The molecule has 0 amide bonds. The molecule has 104 valence electrons. The summed E-state index contributed by atoms with van der Waals surface area (Å²) in [7, 11) is -3.66. The fourth-order valence-electron chi connectivity index (χ4n) is 1.87. The van der Waals surface area contributed by atoms with Crippen molar-refractivity contribution in [1.29, 1.82) is 0 Å². The molecule has 0 aromatic heterocycles. The molecule has 0 aliphatic carbocycles. The van der Waals surface area contributed by atoms with E-state index in [0.29, 0.717) is 25.1 Å². The van der Waals surface area contributed by atoms with Crippen LogP contribution in [0.15, 0.2) is 29.2 Å². The zero-order valence-electron chi connectivity index (χ0n) is 10.0. The van der Waals surface area contributed by atoms with Crippen LogP contribution in [0.1, 0.15) is 12.0 Å². The van der Waals surface area contributed by atoms with Gasteiger partial charge in [-0.25, -0.2) is 8.42 Å². The Morgan fingerprint density at radius 3 is 2.53 bits per heavy atom. The van der Waals surface area contributed by atoms with Gasteiger partial charge in [-0.15, -0.1) is 0 Å². The van der Waals surface area contributed by atoms with Gasteiger partial charge in [-0.1, -0.05) is 35.4 Å². The molecule has 0 radical (unpaired) electrons. The van der Waals surface area contributed by atoms with Crippen molar-refractivity contribution in [3.8, 4) is 0 Å². The first kappa shape index (κ1) is 14.8. The third kappa shape index (κ3) is 2.95. The molecule has 0 bridgehead atoms. The van der Waals surface area contributed by atoms with Gasteiger partial charge in [0, 0.05) is 18.1 Å². The van der Waals surface area contributed by atoms with Crippen molar-refractivity contribution in [1.82, 2.24) is 4.31 Å². The third-order valence-corrected chi connectivity index (χ3v) is 5.59. The lowest BCUT2D eigenvalue weighted by atomic mass is 10.2. The largest absolute Gasteiger partial charge is 0.392 e. The summed E-state index contributed by atoms with van der Waals surface area (Å²) >= 11 is 11.8. The molecular formula is C12H13Cl2NO3S. The summed E-state index contributed by atoms with van der Waals surface area (Å²) in [5.74, 6) is 0. The van der Waals surface area contributed by atoms with Crippen LogP contribution in [-0.4, -0.2) is 30.9 Å². The van der Waals surface area contributed by atoms with Gasteiger partial charge in [0.15, 0.2) is 0 Å². The second-order valence-corrected chi connectivity index (χ2v) is 6.88. The van der Waals surface area contributed by atoms with Gasteiger partial charge in [0.25, 0.3) is 0 Å². The van der Waals surface area contributed by atoms with E-state index >= 15 is 0 Å². The highest BCUT2D eigenvalue weighted by molar-refractivity contribution is 7.89. The van der Waals surface area contributed by atoms with Crippen molar-refractivity contribution >= 4 is 33.2 Å². The first-order chi connectivity index (χ1) is 8.96. The molecular weight excluding hydrogens is 309 g/mol. The summed E-state index contributed by atoms with van der Waals surface area (Å²) in [6, 6.07) is 2.68. The maximum Gasteiger partial charge on any atom is 0.244 e. The monoisotopic (exact) mass is 321 g/mol. The molecule has 1 N–H and O–H groups in total. The number of aliphatic hydroxyl groups is 1. The summed E-state index contributed by atoms with van der Waals surface area (Å²) in [4.78, 5) is -0.0158. The summed E-state index contributed by atoms with van der Waals surface area (Å²) in [5.41, 5.74) is 0.345. The topological polar surface area (TPSA) is 57.6 Å². The molecule has 4 nitrogen and oxygen atoms in total. The molecule has 0 saturated heterocycles. The van der Waals surface area contributed by atoms with E-state index in [9.17, 15) is 8.42 Å². The molecule has 1 heterocycles. The molecule has 1 aromatic rings. The Morgan fingerprint density at radius 1 is 1.21 bits per heavy atom. The molecule has 7 heteroatoms. The van der Waals surface area contributed by atoms with Crippen molar-refractivity contribution in [2.24, 2.45) is 0 Å². The second-order valence-electron chi connectivity index (χ2n) is 4.16. The Kier molecular flexibility index (Phi) is 4.53. The Hall–Kier alpha value is -0.590. The predicted molar refractivity (Wildman–Crippen MR) is 74.9 cm³/mol. The zero-order valence-corrected chi connectivity index (χ0v) is 12.3. The van der Waals surface area contributed by atoms with E-state index in [-0.39, 0.29) is 21.5 Å². The highest BCUT2D eigenvalue weighted by Crippen LogP contribution is 2.31. The molecule has 0 saturated carbocycles. The smallest absolute Gasteiger partial charge is 0.244 e. The molecule has 19 heavy (non-hydrogen) atoms. The lowest BCUT2D eigenvalue weighted by Gasteiger charge is -2.23. The van der Waals surface area contributed by atoms with Crippen molar-refractivity contribution in [2.75, 3.05) is 13.1 Å². The normalized spacial score (nSPS) is 16.8. The summed E-state index contributed by atoms with van der Waals surface area (Å²) in [6.07, 6.45) is 4.42. The van der Waals surface area contributed by atoms with Gasteiger partial charge < -0.3 is 5.11 Å². The number of nitrogens with zero attached hydrogens (tertiary/aromatic N) is 1. The molecule has 0 atom stereocenters. The number of rotatable bonds is 3. The lowest BCUT2D eigenvalue weighted by molar-refractivity contribution is 0.281. The number of hydrogen-bond donors (Lipinski definition) is 1. The van der Waals surface area contributed by atoms with Crippen LogP contribution in [0.3, 0.4) is 0 Å². The quantitative estimate of drug-likeness (QED) is 0.870. The van der Waals surface area contributed by atoms with Crippen LogP contribution in [0.4, 0.5) is 0 Å². The highest BCUT2D eigenvalue weighted by atomic mass is 35.5. The number of hydrogen-bond acceptors (Lipinski definition) is 3. The minimum Gasteiger partial charge on any atom is -0.392 e. The Bertz CT molecular complexity index is 614. The van der Waals surface area contributed by atoms with E-state index in [1.165, 1.54) is 16.4 Å². The maximum atomic E-state index is 12.5. The first-order valence-corrected chi connectivity index (χ1v) is 7.90. The predicted octanol–water partition coefficient (Wildman–Crippen LogP) is 2.44. The van der Waals surface area contributed by atoms with Crippen LogP contribution < -0.4 is 0 Å². The van der Waals surface area contributed by atoms with E-state index < -0.39 is 10.0 Å². The van der Waals surface area contributed by atoms with E-state index in [4.69, 9.17) is 28.3 Å². The fourth-order valence-corrected chi connectivity index (χ4v) is 4.11. The van der Waals surface area contributed by atoms with E-state index in [1.807, 2.05) is 6.08 Å². The van der Waals surface area contributed by atoms with Gasteiger partial charge >= 0.3 is 0 Å². The Balaban J connectivity index is 2.48. The molecule has 0 unspecified atom stereocenters. The highest BCUT2D eigenvalue weighted by Gasteiger charge is 2.27. The minimum absolute atomic E-state index is 0.0158. The van der Waals surface area contributed by atoms with Crippen LogP contribution in [0.25, 0.3) is 0 Å².